The number of likely N-dealkylation sites (N-methyl/N-ethyl adjacent to an activating group) is 1. The zero-order valence-corrected chi connectivity index (χ0v) is 11.7. The van der Waals surface area contributed by atoms with Gasteiger partial charge >= 0.3 is 0 Å². The van der Waals surface area contributed by atoms with Gasteiger partial charge in [-0.3, -0.25) is 9.69 Å². The lowest BCUT2D eigenvalue weighted by Gasteiger charge is -2.38. The number of amides is 1. The van der Waals surface area contributed by atoms with E-state index in [0.717, 1.165) is 26.1 Å². The predicted molar refractivity (Wildman–Crippen MR) is 73.9 cm³/mol. The lowest BCUT2D eigenvalue weighted by molar-refractivity contribution is 0.0537. The molecule has 1 aromatic heterocycles. The summed E-state index contributed by atoms with van der Waals surface area (Å²) in [5, 5.41) is 0. The molecule has 19 heavy (non-hydrogen) atoms. The van der Waals surface area contributed by atoms with Crippen molar-refractivity contribution in [3.63, 3.8) is 0 Å². The molecule has 1 aromatic rings. The Morgan fingerprint density at radius 2 is 2.32 bits per heavy atom. The van der Waals surface area contributed by atoms with Crippen molar-refractivity contribution in [1.82, 2.24) is 19.4 Å². The topological polar surface area (TPSA) is 67.4 Å². The van der Waals surface area contributed by atoms with Crippen LogP contribution in [0.1, 0.15) is 23.8 Å². The molecule has 0 bridgehead atoms. The van der Waals surface area contributed by atoms with Crippen LogP contribution in [0.15, 0.2) is 12.5 Å². The van der Waals surface area contributed by atoms with E-state index in [4.69, 9.17) is 5.73 Å². The highest BCUT2D eigenvalue weighted by molar-refractivity contribution is 5.92. The summed E-state index contributed by atoms with van der Waals surface area (Å²) in [5.74, 6) is 0.0299. The third-order valence-corrected chi connectivity index (χ3v) is 3.78. The van der Waals surface area contributed by atoms with Gasteiger partial charge < -0.3 is 15.2 Å². The van der Waals surface area contributed by atoms with Crippen molar-refractivity contribution in [1.29, 1.82) is 0 Å². The van der Waals surface area contributed by atoms with Crippen molar-refractivity contribution in [2.45, 2.75) is 25.9 Å². The maximum atomic E-state index is 12.4. The summed E-state index contributed by atoms with van der Waals surface area (Å²) in [4.78, 5) is 20.8. The summed E-state index contributed by atoms with van der Waals surface area (Å²) in [6.07, 6.45) is 4.52. The standard InChI is InChI=1S/C13H23N5O/c1-3-11-8-18(7-6-16(11)2)13(19)12-9-17(5-4-14)10-15-12/h9-11H,3-8,14H2,1-2H3. The number of nitrogens with two attached hydrogens (primary N) is 1. The minimum absolute atomic E-state index is 0.0299. The van der Waals surface area contributed by atoms with E-state index in [-0.39, 0.29) is 5.91 Å². The number of carbonyl (C=O) groups is 1. The Kier molecular flexibility index (Phi) is 4.55. The van der Waals surface area contributed by atoms with Crippen molar-refractivity contribution in [3.8, 4) is 0 Å². The van der Waals surface area contributed by atoms with Crippen LogP contribution < -0.4 is 5.73 Å². The fraction of sp³-hybridized carbons (Fsp3) is 0.692. The van der Waals surface area contributed by atoms with Gasteiger partial charge in [0.25, 0.3) is 5.91 Å². The van der Waals surface area contributed by atoms with Crippen LogP contribution in [-0.2, 0) is 6.54 Å². The van der Waals surface area contributed by atoms with E-state index in [0.29, 0.717) is 24.8 Å². The Morgan fingerprint density at radius 1 is 1.53 bits per heavy atom. The lowest BCUT2D eigenvalue weighted by Crippen LogP contribution is -2.53. The number of rotatable bonds is 4. The average molecular weight is 265 g/mol. The summed E-state index contributed by atoms with van der Waals surface area (Å²) in [7, 11) is 2.12. The lowest BCUT2D eigenvalue weighted by atomic mass is 10.1. The van der Waals surface area contributed by atoms with Crippen molar-refractivity contribution in [3.05, 3.63) is 18.2 Å². The number of hydrogen-bond donors (Lipinski definition) is 1. The molecule has 0 aliphatic carbocycles. The zero-order valence-electron chi connectivity index (χ0n) is 11.7. The molecule has 1 aliphatic heterocycles. The summed E-state index contributed by atoms with van der Waals surface area (Å²) < 4.78 is 1.86. The van der Waals surface area contributed by atoms with Gasteiger partial charge in [0.05, 0.1) is 6.33 Å². The minimum Gasteiger partial charge on any atom is -0.335 e. The molecule has 1 atom stereocenters. The maximum absolute atomic E-state index is 12.4. The van der Waals surface area contributed by atoms with E-state index >= 15 is 0 Å². The maximum Gasteiger partial charge on any atom is 0.274 e. The molecule has 1 fully saturated rings. The highest BCUT2D eigenvalue weighted by atomic mass is 16.2. The second-order valence-electron chi connectivity index (χ2n) is 5.08. The van der Waals surface area contributed by atoms with Crippen LogP contribution in [-0.4, -0.2) is 64.5 Å². The molecule has 2 N–H and O–H groups in total. The SMILES string of the molecule is CCC1CN(C(=O)c2cn(CCN)cn2)CCN1C. The van der Waals surface area contributed by atoms with Gasteiger partial charge in [0.2, 0.25) is 0 Å². The van der Waals surface area contributed by atoms with Gasteiger partial charge in [0, 0.05) is 45.0 Å². The molecule has 0 radical (unpaired) electrons. The Labute approximate surface area is 114 Å². The number of hydrogen-bond acceptors (Lipinski definition) is 4. The molecule has 1 amide bonds. The van der Waals surface area contributed by atoms with Gasteiger partial charge in [-0.2, -0.15) is 0 Å². The Hall–Kier alpha value is -1.40. The Bertz CT molecular complexity index is 430. The number of aromatic nitrogens is 2. The van der Waals surface area contributed by atoms with Crippen LogP contribution in [0.3, 0.4) is 0 Å². The fourth-order valence-electron chi connectivity index (χ4n) is 2.48. The first kappa shape index (κ1) is 14.0. The molecule has 6 heteroatoms. The molecular formula is C13H23N5O. The summed E-state index contributed by atoms with van der Waals surface area (Å²) in [5.41, 5.74) is 6.01. The van der Waals surface area contributed by atoms with E-state index in [1.165, 1.54) is 0 Å². The van der Waals surface area contributed by atoms with E-state index in [1.54, 1.807) is 12.5 Å². The van der Waals surface area contributed by atoms with E-state index in [9.17, 15) is 4.79 Å². The van der Waals surface area contributed by atoms with Gasteiger partial charge in [0.1, 0.15) is 5.69 Å². The highest BCUT2D eigenvalue weighted by Gasteiger charge is 2.27. The quantitative estimate of drug-likeness (QED) is 0.832. The van der Waals surface area contributed by atoms with Crippen molar-refractivity contribution in [2.75, 3.05) is 33.2 Å². The second-order valence-corrected chi connectivity index (χ2v) is 5.08. The van der Waals surface area contributed by atoms with Crippen LogP contribution >= 0.6 is 0 Å². The largest absolute Gasteiger partial charge is 0.335 e. The van der Waals surface area contributed by atoms with Crippen LogP contribution in [0.4, 0.5) is 0 Å². The number of piperazine rings is 1. The Morgan fingerprint density at radius 3 is 3.00 bits per heavy atom. The molecule has 1 saturated heterocycles. The molecule has 1 aliphatic rings. The number of carbonyl (C=O) groups excluding carboxylic acids is 1. The molecule has 6 nitrogen and oxygen atoms in total. The van der Waals surface area contributed by atoms with Crippen molar-refractivity contribution < 1.29 is 4.79 Å². The van der Waals surface area contributed by atoms with E-state index in [2.05, 4.69) is 23.9 Å². The minimum atomic E-state index is 0.0299. The first-order chi connectivity index (χ1) is 9.15. The summed E-state index contributed by atoms with van der Waals surface area (Å²) in [6, 6.07) is 0.448. The molecule has 106 valence electrons. The molecule has 2 rings (SSSR count). The summed E-state index contributed by atoms with van der Waals surface area (Å²) >= 11 is 0. The van der Waals surface area contributed by atoms with Gasteiger partial charge in [-0.05, 0) is 13.5 Å². The van der Waals surface area contributed by atoms with Gasteiger partial charge in [0.15, 0.2) is 0 Å². The first-order valence-electron chi connectivity index (χ1n) is 6.87. The van der Waals surface area contributed by atoms with Gasteiger partial charge in [-0.25, -0.2) is 4.98 Å². The van der Waals surface area contributed by atoms with E-state index < -0.39 is 0 Å². The first-order valence-corrected chi connectivity index (χ1v) is 6.87. The normalized spacial score (nSPS) is 20.8. The van der Waals surface area contributed by atoms with Crippen LogP contribution in [0.5, 0.6) is 0 Å². The predicted octanol–water partition coefficient (Wildman–Crippen LogP) is 0.00800. The van der Waals surface area contributed by atoms with Crippen LogP contribution in [0, 0.1) is 0 Å². The summed E-state index contributed by atoms with van der Waals surface area (Å²) in [6.45, 7) is 5.89. The zero-order chi connectivity index (χ0) is 13.8. The third kappa shape index (κ3) is 3.13. The molecule has 0 spiro atoms. The number of imidazole rings is 1. The molecule has 0 saturated carbocycles. The number of nitrogens with zero attached hydrogens (tertiary/aromatic N) is 4. The average Bonchev–Trinajstić information content (AvgIpc) is 2.87. The van der Waals surface area contributed by atoms with Crippen molar-refractivity contribution >= 4 is 5.91 Å². The van der Waals surface area contributed by atoms with Gasteiger partial charge in [-0.1, -0.05) is 6.92 Å². The smallest absolute Gasteiger partial charge is 0.274 e. The molecule has 1 unspecified atom stereocenters. The second kappa shape index (κ2) is 6.16. The highest BCUT2D eigenvalue weighted by Crippen LogP contribution is 2.13. The molecule has 2 heterocycles. The molecular weight excluding hydrogens is 242 g/mol. The Balaban J connectivity index is 2.02. The third-order valence-electron chi connectivity index (χ3n) is 3.78. The van der Waals surface area contributed by atoms with Crippen LogP contribution in [0.25, 0.3) is 0 Å². The molecule has 0 aromatic carbocycles. The monoisotopic (exact) mass is 265 g/mol. The van der Waals surface area contributed by atoms with Gasteiger partial charge in [-0.15, -0.1) is 0 Å². The van der Waals surface area contributed by atoms with E-state index in [1.807, 2.05) is 9.47 Å². The fourth-order valence-corrected chi connectivity index (χ4v) is 2.48. The van der Waals surface area contributed by atoms with Crippen LogP contribution in [0.2, 0.25) is 0 Å². The van der Waals surface area contributed by atoms with Crippen molar-refractivity contribution in [2.24, 2.45) is 5.73 Å².